The quantitative estimate of drug-likeness (QED) is 0.173. The third kappa shape index (κ3) is 5.20. The van der Waals surface area contributed by atoms with E-state index >= 15 is 0 Å². The van der Waals surface area contributed by atoms with E-state index in [4.69, 9.17) is 5.73 Å². The molecule has 0 unspecified atom stereocenters. The van der Waals surface area contributed by atoms with Gasteiger partial charge in [0.1, 0.15) is 6.07 Å². The molecular formula is C28H30BrN9S. The number of rotatable bonds is 7. The lowest BCUT2D eigenvalue weighted by atomic mass is 9.96. The predicted molar refractivity (Wildman–Crippen MR) is 162 cm³/mol. The molecule has 200 valence electrons. The molecule has 0 radical (unpaired) electrons. The van der Waals surface area contributed by atoms with E-state index in [0.717, 1.165) is 48.2 Å². The highest BCUT2D eigenvalue weighted by Crippen LogP contribution is 2.39. The smallest absolute Gasteiger partial charge is 0.181 e. The van der Waals surface area contributed by atoms with Gasteiger partial charge in [-0.1, -0.05) is 44.2 Å². The molecule has 0 bridgehead atoms. The van der Waals surface area contributed by atoms with Gasteiger partial charge in [0.05, 0.1) is 38.7 Å². The minimum absolute atomic E-state index is 0.0385. The first kappa shape index (κ1) is 25.7. The second-order valence-corrected chi connectivity index (χ2v) is 13.1. The first-order valence-electron chi connectivity index (χ1n) is 12.9. The summed E-state index contributed by atoms with van der Waals surface area (Å²) in [5.74, 6) is 0. The zero-order valence-electron chi connectivity index (χ0n) is 22.0. The van der Waals surface area contributed by atoms with Crippen LogP contribution in [0.2, 0.25) is 0 Å². The molecule has 1 aliphatic heterocycles. The van der Waals surface area contributed by atoms with Crippen molar-refractivity contribution in [3.63, 3.8) is 0 Å². The predicted octanol–water partition coefficient (Wildman–Crippen LogP) is 6.00. The standard InChI is InChI=1S/C28H30BrN9S/c1-28(2,3)14-33-23-15(11-30)12-32-24-19(23)9-16(10-20(24)29)34-25(22-13-38(37-36-22)17-7-8-17)18-5-4-6-21-26(18)39-27(31)35-21/h4-6,9-10,12-13,17,25,34,36-37H,7-8,14H2,1-3H3,(H2,31,35)(H,32,33)/t25-/m0/s1. The number of hydrogen-bond donors (Lipinski definition) is 5. The van der Waals surface area contributed by atoms with Gasteiger partial charge in [-0.25, -0.2) is 4.98 Å². The Morgan fingerprint density at radius 2 is 2.13 bits per heavy atom. The van der Waals surface area contributed by atoms with Gasteiger partial charge < -0.3 is 21.8 Å². The fourth-order valence-electron chi connectivity index (χ4n) is 4.72. The number of nitrogens with two attached hydrogens (primary N) is 1. The minimum Gasteiger partial charge on any atom is -0.383 e. The number of nitrogen functional groups attached to an aromatic ring is 1. The van der Waals surface area contributed by atoms with Crippen LogP contribution in [0, 0.1) is 16.7 Å². The van der Waals surface area contributed by atoms with E-state index in [2.05, 4.69) is 97.7 Å². The van der Waals surface area contributed by atoms with Crippen molar-refractivity contribution in [3.05, 3.63) is 64.0 Å². The summed E-state index contributed by atoms with van der Waals surface area (Å²) in [5, 5.41) is 20.7. The Hall–Kier alpha value is -3.59. The van der Waals surface area contributed by atoms with Crippen LogP contribution in [0.15, 0.2) is 52.9 Å². The number of thiazole rings is 1. The van der Waals surface area contributed by atoms with Gasteiger partial charge >= 0.3 is 0 Å². The third-order valence-electron chi connectivity index (χ3n) is 6.78. The van der Waals surface area contributed by atoms with Crippen LogP contribution in [0.5, 0.6) is 0 Å². The maximum absolute atomic E-state index is 9.86. The number of anilines is 3. The van der Waals surface area contributed by atoms with Crippen LogP contribution < -0.4 is 27.3 Å². The average Bonchev–Trinajstić information content (AvgIpc) is 3.49. The highest BCUT2D eigenvalue weighted by atomic mass is 79.9. The molecule has 4 aromatic rings. The highest BCUT2D eigenvalue weighted by Gasteiger charge is 2.33. The van der Waals surface area contributed by atoms with Gasteiger partial charge in [0.15, 0.2) is 5.13 Å². The van der Waals surface area contributed by atoms with Crippen molar-refractivity contribution in [1.29, 1.82) is 5.26 Å². The lowest BCUT2D eigenvalue weighted by Gasteiger charge is -2.24. The fourth-order valence-corrected chi connectivity index (χ4v) is 6.15. The van der Waals surface area contributed by atoms with Crippen LogP contribution >= 0.6 is 27.3 Å². The first-order valence-corrected chi connectivity index (χ1v) is 14.5. The van der Waals surface area contributed by atoms with E-state index in [1.54, 1.807) is 6.20 Å². The largest absolute Gasteiger partial charge is 0.383 e. The van der Waals surface area contributed by atoms with E-state index in [1.807, 2.05) is 18.2 Å². The van der Waals surface area contributed by atoms with Crippen molar-refractivity contribution in [2.45, 2.75) is 45.7 Å². The molecule has 2 aromatic heterocycles. The maximum atomic E-state index is 9.86. The van der Waals surface area contributed by atoms with Crippen LogP contribution in [0.4, 0.5) is 16.5 Å². The van der Waals surface area contributed by atoms with Gasteiger partial charge in [-0.05, 0) is 57.9 Å². The number of benzene rings is 2. The zero-order valence-corrected chi connectivity index (χ0v) is 24.4. The Labute approximate surface area is 239 Å². The Morgan fingerprint density at radius 1 is 1.31 bits per heavy atom. The van der Waals surface area contributed by atoms with Gasteiger partial charge in [-0.2, -0.15) is 5.26 Å². The molecule has 39 heavy (non-hydrogen) atoms. The summed E-state index contributed by atoms with van der Waals surface area (Å²) in [6.07, 6.45) is 6.12. The monoisotopic (exact) mass is 603 g/mol. The molecule has 1 aliphatic carbocycles. The topological polar surface area (TPSA) is 127 Å². The normalized spacial score (nSPS) is 16.2. The number of aromatic nitrogens is 2. The van der Waals surface area contributed by atoms with E-state index in [0.29, 0.717) is 23.3 Å². The molecule has 0 saturated heterocycles. The highest BCUT2D eigenvalue weighted by molar-refractivity contribution is 9.10. The Kier molecular flexibility index (Phi) is 6.49. The van der Waals surface area contributed by atoms with Crippen molar-refractivity contribution in [3.8, 4) is 6.07 Å². The summed E-state index contributed by atoms with van der Waals surface area (Å²) in [6, 6.07) is 12.8. The minimum atomic E-state index is -0.216. The zero-order chi connectivity index (χ0) is 27.3. The van der Waals surface area contributed by atoms with Crippen LogP contribution in [0.3, 0.4) is 0 Å². The SMILES string of the molecule is CC(C)(C)CNc1c(C#N)cnc2c(Br)cc(N[C@H](C3=CN(C4CC4)NN3)c3cccc4nc(N)sc34)cc12. The summed E-state index contributed by atoms with van der Waals surface area (Å²) < 4.78 is 1.89. The van der Waals surface area contributed by atoms with E-state index in [1.165, 1.54) is 24.2 Å². The van der Waals surface area contributed by atoms with Crippen LogP contribution in [-0.2, 0) is 0 Å². The number of nitrogens with zero attached hydrogens (tertiary/aromatic N) is 4. The number of nitriles is 1. The van der Waals surface area contributed by atoms with E-state index < -0.39 is 0 Å². The van der Waals surface area contributed by atoms with Crippen LogP contribution in [0.25, 0.3) is 21.1 Å². The molecule has 9 nitrogen and oxygen atoms in total. The van der Waals surface area contributed by atoms with Crippen LogP contribution in [-0.4, -0.2) is 27.6 Å². The second kappa shape index (κ2) is 9.86. The Bertz CT molecular complexity index is 1650. The van der Waals surface area contributed by atoms with Crippen molar-refractivity contribution < 1.29 is 0 Å². The van der Waals surface area contributed by atoms with Crippen molar-refractivity contribution in [2.24, 2.45) is 5.41 Å². The van der Waals surface area contributed by atoms with Crippen molar-refractivity contribution >= 4 is 64.9 Å². The fraction of sp³-hybridized carbons (Fsp3) is 0.321. The van der Waals surface area contributed by atoms with Gasteiger partial charge in [0.25, 0.3) is 0 Å². The molecule has 1 fully saturated rings. The number of halogens is 1. The molecule has 0 spiro atoms. The van der Waals surface area contributed by atoms with Gasteiger partial charge in [0.2, 0.25) is 0 Å². The molecule has 1 atom stereocenters. The molecule has 0 amide bonds. The summed E-state index contributed by atoms with van der Waals surface area (Å²) in [5.41, 5.74) is 18.8. The number of hydrazine groups is 2. The van der Waals surface area contributed by atoms with Gasteiger partial charge in [-0.3, -0.25) is 9.99 Å². The summed E-state index contributed by atoms with van der Waals surface area (Å²) in [7, 11) is 0. The van der Waals surface area contributed by atoms with Crippen LogP contribution in [0.1, 0.15) is 50.8 Å². The Balaban J connectivity index is 1.45. The Morgan fingerprint density at radius 3 is 2.87 bits per heavy atom. The molecule has 1 saturated carbocycles. The molecule has 6 rings (SSSR count). The lowest BCUT2D eigenvalue weighted by Crippen LogP contribution is -2.38. The van der Waals surface area contributed by atoms with Crippen molar-refractivity contribution in [1.82, 2.24) is 25.9 Å². The first-order chi connectivity index (χ1) is 18.7. The number of nitrogens with one attached hydrogen (secondary N) is 4. The lowest BCUT2D eigenvalue weighted by molar-refractivity contribution is 0.260. The molecule has 11 heteroatoms. The van der Waals surface area contributed by atoms with Crippen molar-refractivity contribution in [2.75, 3.05) is 22.9 Å². The molecule has 6 N–H and O–H groups in total. The molecule has 2 aromatic carbocycles. The van der Waals surface area contributed by atoms with E-state index in [9.17, 15) is 5.26 Å². The number of pyridine rings is 1. The molecular weight excluding hydrogens is 574 g/mol. The van der Waals surface area contributed by atoms with Gasteiger partial charge in [0, 0.05) is 40.5 Å². The summed E-state index contributed by atoms with van der Waals surface area (Å²) >= 11 is 5.23. The van der Waals surface area contributed by atoms with E-state index in [-0.39, 0.29) is 11.5 Å². The maximum Gasteiger partial charge on any atom is 0.181 e. The number of fused-ring (bicyclic) bond motifs is 2. The molecule has 2 aliphatic rings. The summed E-state index contributed by atoms with van der Waals surface area (Å²) in [6.45, 7) is 7.21. The third-order valence-corrected chi connectivity index (χ3v) is 8.34. The van der Waals surface area contributed by atoms with Gasteiger partial charge in [-0.15, -0.1) is 5.53 Å². The average molecular weight is 605 g/mol. The number of hydrogen-bond acceptors (Lipinski definition) is 10. The molecule has 3 heterocycles. The second-order valence-electron chi connectivity index (χ2n) is 11.2. The summed E-state index contributed by atoms with van der Waals surface area (Å²) in [4.78, 5) is 9.11.